The minimum Gasteiger partial charge on any atom is -0.228 e. The Labute approximate surface area is 56.7 Å². The maximum absolute atomic E-state index is 10.1. The molecule has 0 aromatic carbocycles. The molecule has 0 aliphatic carbocycles. The second kappa shape index (κ2) is 3.21. The number of rotatable bonds is 2. The van der Waals surface area contributed by atoms with Crippen molar-refractivity contribution in [3.05, 3.63) is 11.1 Å². The van der Waals surface area contributed by atoms with Crippen LogP contribution in [0.1, 0.15) is 0 Å². The van der Waals surface area contributed by atoms with E-state index in [1.807, 2.05) is 0 Å². The van der Waals surface area contributed by atoms with Crippen molar-refractivity contribution in [3.8, 4) is 0 Å². The SMILES string of the molecule is NS(=O)(=O)C/C=C/Br. The molecule has 5 heteroatoms. The largest absolute Gasteiger partial charge is 0.228 e. The number of nitrogens with two attached hydrogens (primary N) is 1. The maximum atomic E-state index is 10.1. The van der Waals surface area contributed by atoms with Crippen LogP contribution in [0.5, 0.6) is 0 Å². The maximum Gasteiger partial charge on any atom is 0.212 e. The highest BCUT2D eigenvalue weighted by Gasteiger charge is 1.94. The molecule has 0 saturated heterocycles. The molecule has 0 aromatic rings. The highest BCUT2D eigenvalue weighted by atomic mass is 79.9. The van der Waals surface area contributed by atoms with Crippen molar-refractivity contribution in [1.82, 2.24) is 0 Å². The molecule has 0 fully saturated rings. The summed E-state index contributed by atoms with van der Waals surface area (Å²) in [5.74, 6) is -0.113. The molecule has 0 amide bonds. The predicted octanol–water partition coefficient (Wildman–Crippen LogP) is 0.184. The lowest BCUT2D eigenvalue weighted by atomic mass is 10.8. The van der Waals surface area contributed by atoms with Gasteiger partial charge < -0.3 is 0 Å². The fourth-order valence-corrected chi connectivity index (χ4v) is 0.969. The van der Waals surface area contributed by atoms with Gasteiger partial charge in [0.05, 0.1) is 5.75 Å². The number of primary sulfonamides is 1. The zero-order chi connectivity index (χ0) is 6.62. The van der Waals surface area contributed by atoms with Gasteiger partial charge in [-0.1, -0.05) is 22.0 Å². The molecule has 0 atom stereocenters. The van der Waals surface area contributed by atoms with Gasteiger partial charge in [0.15, 0.2) is 0 Å². The van der Waals surface area contributed by atoms with Gasteiger partial charge in [-0.2, -0.15) is 0 Å². The van der Waals surface area contributed by atoms with E-state index in [4.69, 9.17) is 0 Å². The van der Waals surface area contributed by atoms with E-state index in [2.05, 4.69) is 21.1 Å². The van der Waals surface area contributed by atoms with Crippen LogP contribution < -0.4 is 5.14 Å². The quantitative estimate of drug-likeness (QED) is 0.691. The Kier molecular flexibility index (Phi) is 3.27. The van der Waals surface area contributed by atoms with Gasteiger partial charge in [0.1, 0.15) is 0 Å². The van der Waals surface area contributed by atoms with Crippen molar-refractivity contribution in [3.63, 3.8) is 0 Å². The minimum atomic E-state index is -3.30. The average Bonchev–Trinajstić information content (AvgIpc) is 1.59. The standard InChI is InChI=1S/C3H6BrNO2S/c4-2-1-3-8(5,6)7/h1-2H,3H2,(H2,5,6,7)/b2-1+. The molecule has 0 aromatic heterocycles. The van der Waals surface area contributed by atoms with Crippen molar-refractivity contribution >= 4 is 26.0 Å². The lowest BCUT2D eigenvalue weighted by Crippen LogP contribution is -2.14. The van der Waals surface area contributed by atoms with E-state index in [1.54, 1.807) is 0 Å². The fourth-order valence-electron chi connectivity index (χ4n) is 0.170. The van der Waals surface area contributed by atoms with Gasteiger partial charge in [0, 0.05) is 0 Å². The molecule has 0 aliphatic heterocycles. The molecule has 48 valence electrons. The summed E-state index contributed by atoms with van der Waals surface area (Å²) >= 11 is 2.90. The number of halogens is 1. The van der Waals surface area contributed by atoms with Crippen molar-refractivity contribution in [2.75, 3.05) is 5.75 Å². The summed E-state index contributed by atoms with van der Waals surface area (Å²) < 4.78 is 20.2. The smallest absolute Gasteiger partial charge is 0.212 e. The fraction of sp³-hybridized carbons (Fsp3) is 0.333. The third-order valence-electron chi connectivity index (χ3n) is 0.418. The van der Waals surface area contributed by atoms with Gasteiger partial charge in [-0.25, -0.2) is 13.6 Å². The van der Waals surface area contributed by atoms with E-state index in [1.165, 1.54) is 11.1 Å². The first-order valence-electron chi connectivity index (χ1n) is 1.82. The molecular formula is C3H6BrNO2S. The Bertz CT molecular complexity index is 172. The molecule has 8 heavy (non-hydrogen) atoms. The van der Waals surface area contributed by atoms with Gasteiger partial charge in [-0.3, -0.25) is 0 Å². The molecule has 3 nitrogen and oxygen atoms in total. The molecule has 0 radical (unpaired) electrons. The number of hydrogen-bond acceptors (Lipinski definition) is 2. The van der Waals surface area contributed by atoms with Crippen molar-refractivity contribution in [2.24, 2.45) is 5.14 Å². The van der Waals surface area contributed by atoms with E-state index < -0.39 is 10.0 Å². The second-order valence-electron chi connectivity index (χ2n) is 1.19. The summed E-state index contributed by atoms with van der Waals surface area (Å²) in [5, 5.41) is 4.62. The van der Waals surface area contributed by atoms with E-state index >= 15 is 0 Å². The van der Waals surface area contributed by atoms with Gasteiger partial charge >= 0.3 is 0 Å². The van der Waals surface area contributed by atoms with Gasteiger partial charge in [0.25, 0.3) is 0 Å². The Hall–Kier alpha value is 0.130. The van der Waals surface area contributed by atoms with Gasteiger partial charge in [-0.15, -0.1) is 0 Å². The first kappa shape index (κ1) is 8.13. The van der Waals surface area contributed by atoms with Gasteiger partial charge in [0.2, 0.25) is 10.0 Å². The Morgan fingerprint density at radius 3 is 2.25 bits per heavy atom. The first-order valence-corrected chi connectivity index (χ1v) is 4.45. The third kappa shape index (κ3) is 6.13. The summed E-state index contributed by atoms with van der Waals surface area (Å²) in [6.45, 7) is 0. The lowest BCUT2D eigenvalue weighted by Gasteiger charge is -1.84. The van der Waals surface area contributed by atoms with Crippen LogP contribution in [0.4, 0.5) is 0 Å². The molecule has 0 spiro atoms. The number of hydrogen-bond donors (Lipinski definition) is 1. The van der Waals surface area contributed by atoms with E-state index in [0.29, 0.717) is 0 Å². The minimum absolute atomic E-state index is 0.113. The van der Waals surface area contributed by atoms with Crippen LogP contribution in [0.25, 0.3) is 0 Å². The molecule has 0 rings (SSSR count). The normalized spacial score (nSPS) is 12.8. The van der Waals surface area contributed by atoms with Crippen molar-refractivity contribution in [2.45, 2.75) is 0 Å². The number of sulfonamides is 1. The monoisotopic (exact) mass is 199 g/mol. The molecular weight excluding hydrogens is 194 g/mol. The van der Waals surface area contributed by atoms with Crippen LogP contribution in [-0.4, -0.2) is 14.2 Å². The van der Waals surface area contributed by atoms with Crippen molar-refractivity contribution < 1.29 is 8.42 Å². The molecule has 0 bridgehead atoms. The van der Waals surface area contributed by atoms with Crippen LogP contribution >= 0.6 is 15.9 Å². The zero-order valence-electron chi connectivity index (χ0n) is 4.04. The topological polar surface area (TPSA) is 60.2 Å². The molecule has 0 saturated carbocycles. The Balaban J connectivity index is 3.76. The molecule has 0 unspecified atom stereocenters. The lowest BCUT2D eigenvalue weighted by molar-refractivity contribution is 0.600. The average molecular weight is 200 g/mol. The first-order chi connectivity index (χ1) is 3.56. The highest BCUT2D eigenvalue weighted by molar-refractivity contribution is 9.11. The second-order valence-corrected chi connectivity index (χ2v) is 3.38. The summed E-state index contributed by atoms with van der Waals surface area (Å²) in [6.07, 6.45) is 1.41. The van der Waals surface area contributed by atoms with E-state index in [9.17, 15) is 8.42 Å². The van der Waals surface area contributed by atoms with Crippen LogP contribution in [0.2, 0.25) is 0 Å². The summed E-state index contributed by atoms with van der Waals surface area (Å²) in [7, 11) is -3.30. The van der Waals surface area contributed by atoms with Crippen LogP contribution in [0.15, 0.2) is 11.1 Å². The Morgan fingerprint density at radius 2 is 2.12 bits per heavy atom. The molecule has 2 N–H and O–H groups in total. The zero-order valence-corrected chi connectivity index (χ0v) is 6.44. The van der Waals surface area contributed by atoms with Crippen LogP contribution in [0, 0.1) is 0 Å². The van der Waals surface area contributed by atoms with Gasteiger partial charge in [-0.05, 0) is 4.99 Å². The van der Waals surface area contributed by atoms with Crippen LogP contribution in [0.3, 0.4) is 0 Å². The summed E-state index contributed by atoms with van der Waals surface area (Å²) in [5.41, 5.74) is 0. The Morgan fingerprint density at radius 1 is 1.62 bits per heavy atom. The van der Waals surface area contributed by atoms with Crippen molar-refractivity contribution in [1.29, 1.82) is 0 Å². The third-order valence-corrected chi connectivity index (χ3v) is 1.45. The summed E-state index contributed by atoms with van der Waals surface area (Å²) in [4.78, 5) is 1.46. The highest BCUT2D eigenvalue weighted by Crippen LogP contribution is 1.84. The summed E-state index contributed by atoms with van der Waals surface area (Å²) in [6, 6.07) is 0. The molecule has 0 aliphatic rings. The van der Waals surface area contributed by atoms with E-state index in [0.717, 1.165) is 0 Å². The van der Waals surface area contributed by atoms with Crippen LogP contribution in [-0.2, 0) is 10.0 Å². The van der Waals surface area contributed by atoms with E-state index in [-0.39, 0.29) is 5.75 Å². The predicted molar refractivity (Wildman–Crippen MR) is 36.0 cm³/mol. The molecule has 0 heterocycles.